The molecule has 1 aliphatic heterocycles. The number of hydrogen-bond acceptors (Lipinski definition) is 7. The molecule has 1 aliphatic rings. The quantitative estimate of drug-likeness (QED) is 0.432. The van der Waals surface area contributed by atoms with Crippen LogP contribution in [0.3, 0.4) is 0 Å². The van der Waals surface area contributed by atoms with Gasteiger partial charge in [-0.1, -0.05) is 6.92 Å². The summed E-state index contributed by atoms with van der Waals surface area (Å²) in [6, 6.07) is 3.16. The number of Topliss-reactive ketones (excluding diaryl/α,β-unsaturated/α-hetero) is 1. The van der Waals surface area contributed by atoms with E-state index in [1.165, 1.54) is 11.6 Å². The Labute approximate surface area is 185 Å². The van der Waals surface area contributed by atoms with E-state index in [1.807, 2.05) is 13.0 Å². The van der Waals surface area contributed by atoms with Crippen LogP contribution in [0, 0.1) is 12.8 Å². The molecule has 2 atom stereocenters. The molecule has 2 unspecified atom stereocenters. The first-order valence-electron chi connectivity index (χ1n) is 10.5. The maximum absolute atomic E-state index is 13.0. The molecule has 0 saturated carbocycles. The van der Waals surface area contributed by atoms with Crippen molar-refractivity contribution >= 4 is 28.9 Å². The number of benzene rings is 1. The van der Waals surface area contributed by atoms with Gasteiger partial charge in [-0.05, 0) is 25.3 Å². The van der Waals surface area contributed by atoms with Gasteiger partial charge in [0.2, 0.25) is 5.91 Å². The topological polar surface area (TPSA) is 107 Å². The fraction of sp³-hybridized carbons (Fsp3) is 0.391. The highest BCUT2D eigenvalue weighted by atomic mass is 16.5. The highest BCUT2D eigenvalue weighted by molar-refractivity contribution is 6.06. The molecule has 9 heteroatoms. The Hall–Kier alpha value is -3.62. The summed E-state index contributed by atoms with van der Waals surface area (Å²) in [5.41, 5.74) is 2.34. The van der Waals surface area contributed by atoms with Crippen molar-refractivity contribution in [3.63, 3.8) is 0 Å². The van der Waals surface area contributed by atoms with E-state index in [9.17, 15) is 14.4 Å². The van der Waals surface area contributed by atoms with Crippen LogP contribution >= 0.6 is 0 Å². The molecule has 1 saturated heterocycles. The first-order chi connectivity index (χ1) is 15.3. The lowest BCUT2D eigenvalue weighted by Gasteiger charge is -2.20. The Balaban J connectivity index is 1.79. The Morgan fingerprint density at radius 1 is 1.25 bits per heavy atom. The third-order valence-corrected chi connectivity index (χ3v) is 5.81. The molecule has 9 nitrogen and oxygen atoms in total. The average molecular weight is 435 g/mol. The SMILES string of the molecule is COc1cc2c(cc1-c1cnc(C)nc1)c(C(C)=O)nn2CC(=O)N1CC(C)CC1C=O. The lowest BCUT2D eigenvalue weighted by atomic mass is 10.0. The normalized spacial score (nSPS) is 18.2. The van der Waals surface area contributed by atoms with Crippen molar-refractivity contribution in [2.75, 3.05) is 13.7 Å². The smallest absolute Gasteiger partial charge is 0.244 e. The first-order valence-corrected chi connectivity index (χ1v) is 10.5. The van der Waals surface area contributed by atoms with Gasteiger partial charge >= 0.3 is 0 Å². The third-order valence-electron chi connectivity index (χ3n) is 5.81. The number of likely N-dealkylation sites (tertiary alicyclic amines) is 1. The molecular weight excluding hydrogens is 410 g/mol. The van der Waals surface area contributed by atoms with Crippen molar-refractivity contribution in [2.24, 2.45) is 5.92 Å². The van der Waals surface area contributed by atoms with Crippen LogP contribution in [0.15, 0.2) is 24.5 Å². The van der Waals surface area contributed by atoms with E-state index in [0.29, 0.717) is 35.4 Å². The van der Waals surface area contributed by atoms with Crippen LogP contribution in [0.2, 0.25) is 0 Å². The number of rotatable bonds is 6. The predicted octanol–water partition coefficient (Wildman–Crippen LogP) is 2.45. The molecule has 0 spiro atoms. The monoisotopic (exact) mass is 435 g/mol. The summed E-state index contributed by atoms with van der Waals surface area (Å²) in [6.45, 7) is 5.72. The van der Waals surface area contributed by atoms with Gasteiger partial charge in [0.15, 0.2) is 5.78 Å². The van der Waals surface area contributed by atoms with Gasteiger partial charge < -0.3 is 14.4 Å². The lowest BCUT2D eigenvalue weighted by molar-refractivity contribution is -0.135. The van der Waals surface area contributed by atoms with Crippen LogP contribution in [-0.2, 0) is 16.1 Å². The van der Waals surface area contributed by atoms with E-state index < -0.39 is 6.04 Å². The second-order valence-corrected chi connectivity index (χ2v) is 8.24. The molecule has 1 amide bonds. The zero-order valence-electron chi connectivity index (χ0n) is 18.5. The van der Waals surface area contributed by atoms with Crippen molar-refractivity contribution in [1.82, 2.24) is 24.6 Å². The number of methoxy groups -OCH3 is 1. The molecule has 1 aromatic carbocycles. The number of amides is 1. The summed E-state index contributed by atoms with van der Waals surface area (Å²) >= 11 is 0. The number of aromatic nitrogens is 4. The molecule has 0 aliphatic carbocycles. The molecule has 0 radical (unpaired) electrons. The molecule has 1 fully saturated rings. The van der Waals surface area contributed by atoms with Crippen molar-refractivity contribution in [3.05, 3.63) is 36.0 Å². The molecule has 2 aromatic heterocycles. The van der Waals surface area contributed by atoms with Crippen LogP contribution in [-0.4, -0.2) is 62.3 Å². The molecule has 166 valence electrons. The van der Waals surface area contributed by atoms with Crippen LogP contribution in [0.5, 0.6) is 5.75 Å². The predicted molar refractivity (Wildman–Crippen MR) is 117 cm³/mol. The fourth-order valence-electron chi connectivity index (χ4n) is 4.23. The zero-order valence-corrected chi connectivity index (χ0v) is 18.5. The number of aldehydes is 1. The van der Waals surface area contributed by atoms with Gasteiger partial charge in [-0.2, -0.15) is 5.10 Å². The first kappa shape index (κ1) is 21.6. The standard InChI is InChI=1S/C23H25N5O4/c1-13-5-17(12-29)27(10-13)22(31)11-28-20-7-21(32-4)18(16-8-24-15(3)25-9-16)6-19(20)23(26-28)14(2)30/h6-9,12-13,17H,5,10-11H2,1-4H3. The molecular formula is C23H25N5O4. The van der Waals surface area contributed by atoms with Crippen molar-refractivity contribution < 1.29 is 19.1 Å². The zero-order chi connectivity index (χ0) is 23.0. The molecule has 32 heavy (non-hydrogen) atoms. The van der Waals surface area contributed by atoms with Gasteiger partial charge in [0.1, 0.15) is 30.1 Å². The lowest BCUT2D eigenvalue weighted by Crippen LogP contribution is -2.38. The van der Waals surface area contributed by atoms with Gasteiger partial charge in [0.25, 0.3) is 0 Å². The highest BCUT2D eigenvalue weighted by Crippen LogP contribution is 2.35. The number of ether oxygens (including phenoxy) is 1. The van der Waals surface area contributed by atoms with Gasteiger partial charge in [-0.25, -0.2) is 9.97 Å². The van der Waals surface area contributed by atoms with Gasteiger partial charge in [0.05, 0.1) is 18.7 Å². The molecule has 0 N–H and O–H groups in total. The van der Waals surface area contributed by atoms with Crippen molar-refractivity contribution in [1.29, 1.82) is 0 Å². The maximum Gasteiger partial charge on any atom is 0.244 e. The number of aryl methyl sites for hydroxylation is 1. The second kappa shape index (κ2) is 8.49. The Bertz CT molecular complexity index is 1200. The molecule has 4 rings (SSSR count). The largest absolute Gasteiger partial charge is 0.496 e. The Kier molecular flexibility index (Phi) is 5.73. The van der Waals surface area contributed by atoms with E-state index in [4.69, 9.17) is 4.74 Å². The summed E-state index contributed by atoms with van der Waals surface area (Å²) in [7, 11) is 1.55. The fourth-order valence-corrected chi connectivity index (χ4v) is 4.23. The Morgan fingerprint density at radius 2 is 1.97 bits per heavy atom. The van der Waals surface area contributed by atoms with Gasteiger partial charge in [0, 0.05) is 48.4 Å². The van der Waals surface area contributed by atoms with Gasteiger partial charge in [-0.3, -0.25) is 14.3 Å². The Morgan fingerprint density at radius 3 is 2.59 bits per heavy atom. The number of carbonyl (C=O) groups excluding carboxylic acids is 3. The molecule has 3 aromatic rings. The third kappa shape index (κ3) is 3.86. The average Bonchev–Trinajstić information content (AvgIpc) is 3.33. The minimum absolute atomic E-state index is 0.0724. The summed E-state index contributed by atoms with van der Waals surface area (Å²) in [5.74, 6) is 1.04. The van der Waals surface area contributed by atoms with E-state index >= 15 is 0 Å². The minimum Gasteiger partial charge on any atom is -0.496 e. The van der Waals surface area contributed by atoms with Crippen LogP contribution in [0.25, 0.3) is 22.0 Å². The summed E-state index contributed by atoms with van der Waals surface area (Å²) in [5, 5.41) is 5.05. The van der Waals surface area contributed by atoms with E-state index in [1.54, 1.807) is 37.4 Å². The van der Waals surface area contributed by atoms with Crippen LogP contribution in [0.4, 0.5) is 0 Å². The molecule has 3 heterocycles. The van der Waals surface area contributed by atoms with Crippen molar-refractivity contribution in [3.8, 4) is 16.9 Å². The number of nitrogens with zero attached hydrogens (tertiary/aromatic N) is 5. The van der Waals surface area contributed by atoms with Gasteiger partial charge in [-0.15, -0.1) is 0 Å². The number of ketones is 1. The van der Waals surface area contributed by atoms with Crippen LogP contribution in [0.1, 0.15) is 36.6 Å². The maximum atomic E-state index is 13.0. The second-order valence-electron chi connectivity index (χ2n) is 8.24. The summed E-state index contributed by atoms with van der Waals surface area (Å²) < 4.78 is 7.10. The summed E-state index contributed by atoms with van der Waals surface area (Å²) in [6.07, 6.45) is 4.87. The number of fused-ring (bicyclic) bond motifs is 1. The number of hydrogen-bond donors (Lipinski definition) is 0. The highest BCUT2D eigenvalue weighted by Gasteiger charge is 2.33. The van der Waals surface area contributed by atoms with E-state index in [2.05, 4.69) is 15.1 Å². The van der Waals surface area contributed by atoms with E-state index in [-0.39, 0.29) is 29.8 Å². The minimum atomic E-state index is -0.422. The molecule has 0 bridgehead atoms. The summed E-state index contributed by atoms with van der Waals surface area (Å²) in [4.78, 5) is 46.8. The number of carbonyl (C=O) groups is 3. The van der Waals surface area contributed by atoms with E-state index in [0.717, 1.165) is 17.4 Å². The van der Waals surface area contributed by atoms with Crippen molar-refractivity contribution in [2.45, 2.75) is 39.8 Å². The van der Waals surface area contributed by atoms with Crippen LogP contribution < -0.4 is 4.74 Å².